The Bertz CT molecular complexity index is 850. The zero-order valence-electron chi connectivity index (χ0n) is 18.6. The largest absolute Gasteiger partial charge is 0.366 e. The summed E-state index contributed by atoms with van der Waals surface area (Å²) in [6, 6.07) is 10.8. The van der Waals surface area contributed by atoms with Gasteiger partial charge < -0.3 is 15.5 Å². The lowest BCUT2D eigenvalue weighted by Crippen LogP contribution is -2.51. The Morgan fingerprint density at radius 3 is 2.58 bits per heavy atom. The van der Waals surface area contributed by atoms with E-state index in [1.807, 2.05) is 12.1 Å². The van der Waals surface area contributed by atoms with E-state index in [2.05, 4.69) is 44.2 Å². The topological polar surface area (TPSA) is 73.4 Å². The fourth-order valence-corrected chi connectivity index (χ4v) is 4.70. The van der Waals surface area contributed by atoms with Crippen molar-refractivity contribution in [2.24, 2.45) is 0 Å². The molecule has 1 amide bonds. The van der Waals surface area contributed by atoms with Crippen molar-refractivity contribution in [3.05, 3.63) is 48.4 Å². The Hall–Kier alpha value is -2.51. The van der Waals surface area contributed by atoms with Crippen molar-refractivity contribution < 1.29 is 4.79 Å². The smallest absolute Gasteiger partial charge is 0.274 e. The van der Waals surface area contributed by atoms with Crippen LogP contribution < -0.4 is 10.6 Å². The number of hydrogen-bond acceptors (Lipinski definition) is 6. The lowest BCUT2D eigenvalue weighted by molar-refractivity contribution is 0.0761. The number of amides is 1. The highest BCUT2D eigenvalue weighted by Gasteiger charge is 2.29. The number of nitrogens with zero attached hydrogens (tertiary/aromatic N) is 4. The molecule has 1 atom stereocenters. The van der Waals surface area contributed by atoms with Gasteiger partial charge in [0.2, 0.25) is 0 Å². The van der Waals surface area contributed by atoms with Crippen LogP contribution in [0.4, 0.5) is 11.5 Å². The molecule has 2 aromatic rings. The maximum Gasteiger partial charge on any atom is 0.274 e. The monoisotopic (exact) mass is 422 g/mol. The van der Waals surface area contributed by atoms with Crippen molar-refractivity contribution in [2.45, 2.75) is 57.7 Å². The minimum Gasteiger partial charge on any atom is -0.366 e. The molecule has 2 N–H and O–H groups in total. The fraction of sp³-hybridized carbons (Fsp3) is 0.542. The first-order valence-electron chi connectivity index (χ1n) is 11.5. The van der Waals surface area contributed by atoms with E-state index in [0.717, 1.165) is 18.8 Å². The SMILES string of the molecule is CC(C)N1CCC(N2CCCC(Nc3cccc(C(=O)Nc4ccncc4)n3)C2)CC1. The standard InChI is InChI=1S/C24H34N6O/c1-18(2)29-15-10-21(11-16-29)30-14-4-5-20(17-30)26-23-7-3-6-22(28-23)24(31)27-19-8-12-25-13-9-19/h3,6-9,12-13,18,20-21H,4-5,10-11,14-17H2,1-2H3,(H,26,28)(H,25,27,31). The van der Waals surface area contributed by atoms with Crippen molar-refractivity contribution in [1.82, 2.24) is 19.8 Å². The molecule has 0 bridgehead atoms. The molecule has 1 unspecified atom stereocenters. The summed E-state index contributed by atoms with van der Waals surface area (Å²) >= 11 is 0. The summed E-state index contributed by atoms with van der Waals surface area (Å²) in [5.41, 5.74) is 1.13. The maximum atomic E-state index is 12.6. The van der Waals surface area contributed by atoms with Crippen LogP contribution in [0.3, 0.4) is 0 Å². The fourth-order valence-electron chi connectivity index (χ4n) is 4.70. The van der Waals surface area contributed by atoms with Crippen LogP contribution in [0, 0.1) is 0 Å². The van der Waals surface area contributed by atoms with Gasteiger partial charge in [-0.3, -0.25) is 14.7 Å². The Balaban J connectivity index is 1.33. The number of carbonyl (C=O) groups is 1. The summed E-state index contributed by atoms with van der Waals surface area (Å²) in [6.45, 7) is 9.22. The zero-order valence-corrected chi connectivity index (χ0v) is 18.6. The van der Waals surface area contributed by atoms with E-state index in [1.54, 1.807) is 30.6 Å². The maximum absolute atomic E-state index is 12.6. The van der Waals surface area contributed by atoms with Crippen LogP contribution in [-0.2, 0) is 0 Å². The molecule has 0 aromatic carbocycles. The van der Waals surface area contributed by atoms with Crippen LogP contribution in [0.15, 0.2) is 42.7 Å². The highest BCUT2D eigenvalue weighted by Crippen LogP contribution is 2.23. The van der Waals surface area contributed by atoms with Gasteiger partial charge in [-0.25, -0.2) is 4.98 Å². The van der Waals surface area contributed by atoms with E-state index in [0.29, 0.717) is 29.5 Å². The van der Waals surface area contributed by atoms with E-state index in [1.165, 1.54) is 38.9 Å². The Morgan fingerprint density at radius 1 is 1.06 bits per heavy atom. The molecule has 0 aliphatic carbocycles. The minimum absolute atomic E-state index is 0.211. The number of likely N-dealkylation sites (tertiary alicyclic amines) is 2. The first-order valence-corrected chi connectivity index (χ1v) is 11.5. The number of carbonyl (C=O) groups excluding carboxylic acids is 1. The van der Waals surface area contributed by atoms with Crippen molar-refractivity contribution in [3.8, 4) is 0 Å². The highest BCUT2D eigenvalue weighted by atomic mass is 16.1. The molecule has 2 fully saturated rings. The number of hydrogen-bond donors (Lipinski definition) is 2. The van der Waals surface area contributed by atoms with Gasteiger partial charge in [0.1, 0.15) is 11.5 Å². The lowest BCUT2D eigenvalue weighted by atomic mass is 9.97. The van der Waals surface area contributed by atoms with Gasteiger partial charge in [-0.2, -0.15) is 0 Å². The molecule has 0 spiro atoms. The van der Waals surface area contributed by atoms with Gasteiger partial charge in [-0.05, 0) is 83.4 Å². The third kappa shape index (κ3) is 5.80. The zero-order chi connectivity index (χ0) is 21.6. The summed E-state index contributed by atoms with van der Waals surface area (Å²) in [5.74, 6) is 0.556. The Kier molecular flexibility index (Phi) is 7.14. The minimum atomic E-state index is -0.211. The molecule has 2 aliphatic rings. The summed E-state index contributed by atoms with van der Waals surface area (Å²) in [5, 5.41) is 6.45. The third-order valence-corrected chi connectivity index (χ3v) is 6.47. The third-order valence-electron chi connectivity index (χ3n) is 6.47. The second kappa shape index (κ2) is 10.2. The summed E-state index contributed by atoms with van der Waals surface area (Å²) in [4.78, 5) is 26.3. The molecule has 2 aromatic heterocycles. The van der Waals surface area contributed by atoms with E-state index in [-0.39, 0.29) is 5.91 Å². The summed E-state index contributed by atoms with van der Waals surface area (Å²) in [7, 11) is 0. The van der Waals surface area contributed by atoms with Gasteiger partial charge in [0.05, 0.1) is 0 Å². The molecule has 0 saturated carbocycles. The lowest BCUT2D eigenvalue weighted by Gasteiger charge is -2.43. The molecule has 7 nitrogen and oxygen atoms in total. The first-order chi connectivity index (χ1) is 15.1. The van der Waals surface area contributed by atoms with Gasteiger partial charge in [0, 0.05) is 42.8 Å². The average Bonchev–Trinajstić information content (AvgIpc) is 2.80. The molecule has 4 heterocycles. The van der Waals surface area contributed by atoms with E-state index >= 15 is 0 Å². The van der Waals surface area contributed by atoms with Crippen molar-refractivity contribution in [3.63, 3.8) is 0 Å². The number of nitrogens with one attached hydrogen (secondary N) is 2. The Morgan fingerprint density at radius 2 is 1.84 bits per heavy atom. The predicted octanol–water partition coefficient (Wildman–Crippen LogP) is 3.48. The van der Waals surface area contributed by atoms with Gasteiger partial charge in [0.15, 0.2) is 0 Å². The summed E-state index contributed by atoms with van der Waals surface area (Å²) in [6.07, 6.45) is 8.16. The van der Waals surface area contributed by atoms with Crippen LogP contribution in [-0.4, -0.2) is 70.0 Å². The molecular formula is C24H34N6O. The van der Waals surface area contributed by atoms with Gasteiger partial charge in [-0.1, -0.05) is 6.07 Å². The van der Waals surface area contributed by atoms with Crippen LogP contribution in [0.2, 0.25) is 0 Å². The second-order valence-corrected chi connectivity index (χ2v) is 8.94. The molecule has 2 aliphatic heterocycles. The Labute approximate surface area is 185 Å². The second-order valence-electron chi connectivity index (χ2n) is 8.94. The van der Waals surface area contributed by atoms with E-state index < -0.39 is 0 Å². The van der Waals surface area contributed by atoms with Crippen LogP contribution >= 0.6 is 0 Å². The molecule has 0 radical (unpaired) electrons. The van der Waals surface area contributed by atoms with Crippen LogP contribution in [0.5, 0.6) is 0 Å². The van der Waals surface area contributed by atoms with E-state index in [4.69, 9.17) is 0 Å². The van der Waals surface area contributed by atoms with Gasteiger partial charge >= 0.3 is 0 Å². The quantitative estimate of drug-likeness (QED) is 0.743. The average molecular weight is 423 g/mol. The van der Waals surface area contributed by atoms with Crippen LogP contribution in [0.25, 0.3) is 0 Å². The number of aromatic nitrogens is 2. The number of pyridine rings is 2. The number of rotatable bonds is 6. The van der Waals surface area contributed by atoms with Gasteiger partial charge in [0.25, 0.3) is 5.91 Å². The van der Waals surface area contributed by atoms with Crippen molar-refractivity contribution >= 4 is 17.4 Å². The van der Waals surface area contributed by atoms with Gasteiger partial charge in [-0.15, -0.1) is 0 Å². The van der Waals surface area contributed by atoms with Crippen molar-refractivity contribution in [1.29, 1.82) is 0 Å². The molecular weight excluding hydrogens is 388 g/mol. The molecule has 31 heavy (non-hydrogen) atoms. The normalized spacial score (nSPS) is 21.2. The summed E-state index contributed by atoms with van der Waals surface area (Å²) < 4.78 is 0. The molecule has 7 heteroatoms. The van der Waals surface area contributed by atoms with Crippen LogP contribution in [0.1, 0.15) is 50.0 Å². The first kappa shape index (κ1) is 21.7. The number of anilines is 2. The highest BCUT2D eigenvalue weighted by molar-refractivity contribution is 6.03. The van der Waals surface area contributed by atoms with E-state index in [9.17, 15) is 4.79 Å². The molecule has 4 rings (SSSR count). The number of piperidine rings is 2. The predicted molar refractivity (Wildman–Crippen MR) is 124 cm³/mol. The van der Waals surface area contributed by atoms with Crippen molar-refractivity contribution in [2.75, 3.05) is 36.8 Å². The molecule has 2 saturated heterocycles. The molecule has 166 valence electrons.